The Morgan fingerprint density at radius 3 is 2.72 bits per heavy atom. The predicted octanol–water partition coefficient (Wildman–Crippen LogP) is 6.90. The second-order valence-electron chi connectivity index (χ2n) is 8.32. The molecule has 1 saturated heterocycles. The van der Waals surface area contributed by atoms with Gasteiger partial charge in [-0.2, -0.15) is 0 Å². The molecule has 3 atom stereocenters. The lowest BCUT2D eigenvalue weighted by Gasteiger charge is -2.39. The summed E-state index contributed by atoms with van der Waals surface area (Å²) >= 11 is 5.18. The number of carbonyl (C=O) groups excluding carboxylic acids is 1. The highest BCUT2D eigenvalue weighted by Crippen LogP contribution is 2.42. The van der Waals surface area contributed by atoms with Crippen molar-refractivity contribution in [1.29, 1.82) is 0 Å². The minimum Gasteiger partial charge on any atom is -0.488 e. The van der Waals surface area contributed by atoms with E-state index in [4.69, 9.17) is 4.74 Å². The molecule has 1 N–H and O–H groups in total. The quantitative estimate of drug-likeness (QED) is 0.323. The second kappa shape index (κ2) is 10.6. The molecule has 0 radical (unpaired) electrons. The van der Waals surface area contributed by atoms with Crippen LogP contribution in [0.25, 0.3) is 6.08 Å². The molecule has 2 fully saturated rings. The number of benzene rings is 2. The maximum absolute atomic E-state index is 13.6. The Hall–Kier alpha value is -2.18. The number of ether oxygens (including phenoxy) is 1. The summed E-state index contributed by atoms with van der Waals surface area (Å²) in [7, 11) is 0. The van der Waals surface area contributed by atoms with Crippen LogP contribution in [0.3, 0.4) is 0 Å². The van der Waals surface area contributed by atoms with Crippen molar-refractivity contribution >= 4 is 45.4 Å². The summed E-state index contributed by atoms with van der Waals surface area (Å²) < 4.78 is 6.51. The molecule has 168 valence electrons. The van der Waals surface area contributed by atoms with Crippen molar-refractivity contribution in [3.05, 3.63) is 76.1 Å². The van der Waals surface area contributed by atoms with Gasteiger partial charge in [0.25, 0.3) is 5.91 Å². The highest BCUT2D eigenvalue weighted by Gasteiger charge is 2.42. The zero-order valence-electron chi connectivity index (χ0n) is 18.3. The van der Waals surface area contributed by atoms with Crippen LogP contribution in [0.2, 0.25) is 0 Å². The van der Waals surface area contributed by atoms with E-state index in [1.807, 2.05) is 54.6 Å². The van der Waals surface area contributed by atoms with Gasteiger partial charge in [-0.15, -0.1) is 0 Å². The molecule has 1 heterocycles. The van der Waals surface area contributed by atoms with Crippen molar-refractivity contribution in [1.82, 2.24) is 4.90 Å². The van der Waals surface area contributed by atoms with E-state index in [-0.39, 0.29) is 17.4 Å². The number of amides is 1. The number of hydrogen-bond acceptors (Lipinski definition) is 4. The molecule has 1 amide bonds. The lowest BCUT2D eigenvalue weighted by Crippen LogP contribution is -2.48. The molecule has 1 saturated carbocycles. The topological polar surface area (TPSA) is 41.6 Å². The number of nitrogens with zero attached hydrogens (tertiary/aromatic N) is 1. The molecule has 32 heavy (non-hydrogen) atoms. The lowest BCUT2D eigenvalue weighted by atomic mass is 9.85. The summed E-state index contributed by atoms with van der Waals surface area (Å²) in [6.45, 7) is 6.42. The van der Waals surface area contributed by atoms with Crippen molar-refractivity contribution in [2.24, 2.45) is 5.92 Å². The fourth-order valence-corrected chi connectivity index (χ4v) is 6.11. The van der Waals surface area contributed by atoms with Gasteiger partial charge in [-0.25, -0.2) is 0 Å². The van der Waals surface area contributed by atoms with E-state index in [0.29, 0.717) is 12.5 Å². The van der Waals surface area contributed by atoms with E-state index in [1.165, 1.54) is 19.3 Å². The van der Waals surface area contributed by atoms with Crippen LogP contribution in [0.4, 0.5) is 5.69 Å². The smallest absolute Gasteiger partial charge is 0.262 e. The van der Waals surface area contributed by atoms with Crippen molar-refractivity contribution in [2.75, 3.05) is 11.9 Å². The Morgan fingerprint density at radius 2 is 2.00 bits per heavy atom. The molecule has 4 rings (SSSR count). The summed E-state index contributed by atoms with van der Waals surface area (Å²) in [5.41, 5.74) is 1.88. The number of para-hydroxylation sites is 1. The van der Waals surface area contributed by atoms with Gasteiger partial charge in [-0.1, -0.05) is 68.4 Å². The van der Waals surface area contributed by atoms with Gasteiger partial charge in [0.15, 0.2) is 5.50 Å². The van der Waals surface area contributed by atoms with Crippen LogP contribution in [-0.2, 0) is 4.79 Å². The van der Waals surface area contributed by atoms with E-state index in [2.05, 4.69) is 39.6 Å². The van der Waals surface area contributed by atoms with Crippen molar-refractivity contribution in [3.63, 3.8) is 0 Å². The molecular weight excluding hydrogens is 484 g/mol. The number of anilines is 1. The normalized spacial score (nSPS) is 24.6. The zero-order valence-corrected chi connectivity index (χ0v) is 20.7. The first kappa shape index (κ1) is 23.0. The molecule has 1 aliphatic heterocycles. The Bertz CT molecular complexity index is 995. The summed E-state index contributed by atoms with van der Waals surface area (Å²) in [5, 5.41) is 3.59. The largest absolute Gasteiger partial charge is 0.488 e. The molecule has 4 nitrogen and oxygen atoms in total. The van der Waals surface area contributed by atoms with E-state index in [1.54, 1.807) is 17.8 Å². The average molecular weight is 514 g/mol. The van der Waals surface area contributed by atoms with Gasteiger partial charge < -0.3 is 15.0 Å². The first-order valence-corrected chi connectivity index (χ1v) is 12.8. The number of carbonyl (C=O) groups is 1. The van der Waals surface area contributed by atoms with Gasteiger partial charge in [0.2, 0.25) is 0 Å². The number of halogens is 1. The van der Waals surface area contributed by atoms with Crippen LogP contribution in [0.5, 0.6) is 5.75 Å². The summed E-state index contributed by atoms with van der Waals surface area (Å²) in [6, 6.07) is 16.3. The third kappa shape index (κ3) is 5.24. The molecule has 0 spiro atoms. The van der Waals surface area contributed by atoms with Gasteiger partial charge in [-0.3, -0.25) is 4.79 Å². The predicted molar refractivity (Wildman–Crippen MR) is 138 cm³/mol. The van der Waals surface area contributed by atoms with Crippen molar-refractivity contribution in [3.8, 4) is 5.75 Å². The van der Waals surface area contributed by atoms with Crippen LogP contribution in [-0.4, -0.2) is 29.0 Å². The highest BCUT2D eigenvalue weighted by atomic mass is 79.9. The van der Waals surface area contributed by atoms with E-state index < -0.39 is 0 Å². The maximum atomic E-state index is 13.6. The van der Waals surface area contributed by atoms with E-state index in [9.17, 15) is 4.79 Å². The van der Waals surface area contributed by atoms with Gasteiger partial charge in [0, 0.05) is 11.7 Å². The number of thioether (sulfide) groups is 1. The van der Waals surface area contributed by atoms with E-state index in [0.717, 1.165) is 32.8 Å². The summed E-state index contributed by atoms with van der Waals surface area (Å²) in [4.78, 5) is 16.5. The Balaban J connectivity index is 1.61. The number of nitrogens with one attached hydrogen (secondary N) is 1. The molecule has 2 aromatic rings. The van der Waals surface area contributed by atoms with Crippen molar-refractivity contribution in [2.45, 2.75) is 44.1 Å². The van der Waals surface area contributed by atoms with Gasteiger partial charge in [0.05, 0.1) is 9.38 Å². The Labute approximate surface area is 203 Å². The molecular formula is C26H29BrN2O2S. The molecule has 2 aliphatic rings. The van der Waals surface area contributed by atoms with E-state index >= 15 is 0 Å². The summed E-state index contributed by atoms with van der Waals surface area (Å²) in [6.07, 6.45) is 8.38. The van der Waals surface area contributed by atoms with Gasteiger partial charge in [-0.05, 0) is 70.6 Å². The van der Waals surface area contributed by atoms with Gasteiger partial charge in [0.1, 0.15) is 12.4 Å². The zero-order chi connectivity index (χ0) is 22.5. The van der Waals surface area contributed by atoms with Crippen LogP contribution < -0.4 is 10.1 Å². The average Bonchev–Trinajstić information content (AvgIpc) is 3.08. The molecule has 0 aromatic heterocycles. The fourth-order valence-electron chi connectivity index (χ4n) is 4.39. The van der Waals surface area contributed by atoms with Gasteiger partial charge >= 0.3 is 0 Å². The second-order valence-corrected chi connectivity index (χ2v) is 10.3. The minimum absolute atomic E-state index is 0.111. The monoisotopic (exact) mass is 512 g/mol. The first-order valence-electron chi connectivity index (χ1n) is 11.1. The summed E-state index contributed by atoms with van der Waals surface area (Å²) in [5.74, 6) is 1.38. The first-order chi connectivity index (χ1) is 15.6. The third-order valence-corrected chi connectivity index (χ3v) is 7.77. The van der Waals surface area contributed by atoms with Crippen LogP contribution >= 0.6 is 27.7 Å². The van der Waals surface area contributed by atoms with Crippen LogP contribution in [0, 0.1) is 5.92 Å². The molecule has 2 aromatic carbocycles. The molecule has 0 bridgehead atoms. The molecule has 6 heteroatoms. The minimum atomic E-state index is -0.111. The third-order valence-electron chi connectivity index (χ3n) is 6.03. The number of rotatable bonds is 7. The molecule has 1 unspecified atom stereocenters. The number of hydrogen-bond donors (Lipinski definition) is 1. The lowest BCUT2D eigenvalue weighted by molar-refractivity contribution is -0.129. The Kier molecular flexibility index (Phi) is 7.63. The van der Waals surface area contributed by atoms with Crippen LogP contribution in [0.1, 0.15) is 38.2 Å². The standard InChI is InChI=1S/C26H29BrN2O2S/c1-3-15-31-23-14-13-19(16-21(23)27)17-24-25(30)29(22-12-8-7-9-18(22)2)26(32-24)28-20-10-5-4-6-11-20/h3-6,10-11,13-14,16-18,22,26,28H,1,7-9,12,15H2,2H3/b24-17-/t18-,22+,26?/m1/s1. The Morgan fingerprint density at radius 1 is 1.22 bits per heavy atom. The SMILES string of the molecule is C=CCOc1ccc(/C=C2\SC(Nc3ccccc3)N([C@H]3CCCC[C@H]3C)C2=O)cc1Br. The fraction of sp³-hybridized carbons (Fsp3) is 0.346. The molecule has 1 aliphatic carbocycles. The highest BCUT2D eigenvalue weighted by molar-refractivity contribution is 9.10. The maximum Gasteiger partial charge on any atom is 0.262 e. The van der Waals surface area contributed by atoms with Crippen LogP contribution in [0.15, 0.2) is 70.6 Å². The van der Waals surface area contributed by atoms with Crippen molar-refractivity contribution < 1.29 is 9.53 Å².